The molecule has 0 aromatic carbocycles. The third-order valence-corrected chi connectivity index (χ3v) is 3.39. The highest BCUT2D eigenvalue weighted by molar-refractivity contribution is 5.94. The summed E-state index contributed by atoms with van der Waals surface area (Å²) in [6.45, 7) is 3.72. The minimum absolute atomic E-state index is 0.0191. The SMILES string of the molecule is C=CCNC(=O)NC(=O)CC1(CC(=O)O)CCCC1. The molecule has 0 aromatic rings. The zero-order valence-corrected chi connectivity index (χ0v) is 10.9. The van der Waals surface area contributed by atoms with E-state index < -0.39 is 23.3 Å². The minimum atomic E-state index is -0.897. The molecule has 1 aliphatic rings. The van der Waals surface area contributed by atoms with Gasteiger partial charge in [-0.05, 0) is 18.3 Å². The van der Waals surface area contributed by atoms with E-state index in [1.807, 2.05) is 0 Å². The molecule has 0 radical (unpaired) electrons. The fourth-order valence-corrected chi connectivity index (χ4v) is 2.58. The normalized spacial score (nSPS) is 16.6. The highest BCUT2D eigenvalue weighted by Crippen LogP contribution is 2.43. The first-order valence-electron chi connectivity index (χ1n) is 6.38. The van der Waals surface area contributed by atoms with Gasteiger partial charge in [0.05, 0.1) is 6.42 Å². The molecule has 6 heteroatoms. The summed E-state index contributed by atoms with van der Waals surface area (Å²) in [5.74, 6) is -1.32. The lowest BCUT2D eigenvalue weighted by molar-refractivity contribution is -0.140. The first-order valence-corrected chi connectivity index (χ1v) is 6.38. The number of amides is 3. The summed E-state index contributed by atoms with van der Waals surface area (Å²) in [6, 6.07) is -0.576. The van der Waals surface area contributed by atoms with Gasteiger partial charge in [0.1, 0.15) is 0 Å². The molecule has 0 bridgehead atoms. The van der Waals surface area contributed by atoms with Crippen LogP contribution in [0.3, 0.4) is 0 Å². The van der Waals surface area contributed by atoms with E-state index in [1.165, 1.54) is 6.08 Å². The summed E-state index contributed by atoms with van der Waals surface area (Å²) in [4.78, 5) is 34.0. The number of carboxylic acids is 1. The van der Waals surface area contributed by atoms with E-state index >= 15 is 0 Å². The molecule has 6 nitrogen and oxygen atoms in total. The molecule has 0 aliphatic heterocycles. The van der Waals surface area contributed by atoms with Crippen LogP contribution in [0.25, 0.3) is 0 Å². The molecule has 0 heterocycles. The largest absolute Gasteiger partial charge is 0.481 e. The van der Waals surface area contributed by atoms with E-state index in [-0.39, 0.29) is 19.4 Å². The molecule has 1 fully saturated rings. The molecule has 106 valence electrons. The summed E-state index contributed by atoms with van der Waals surface area (Å²) in [5, 5.41) is 13.6. The van der Waals surface area contributed by atoms with Crippen molar-refractivity contribution in [1.29, 1.82) is 0 Å². The van der Waals surface area contributed by atoms with Crippen LogP contribution < -0.4 is 10.6 Å². The van der Waals surface area contributed by atoms with Gasteiger partial charge in [0, 0.05) is 13.0 Å². The van der Waals surface area contributed by atoms with E-state index in [0.29, 0.717) is 0 Å². The van der Waals surface area contributed by atoms with Gasteiger partial charge in [-0.3, -0.25) is 14.9 Å². The summed E-state index contributed by atoms with van der Waals surface area (Å²) in [7, 11) is 0. The van der Waals surface area contributed by atoms with E-state index in [9.17, 15) is 14.4 Å². The van der Waals surface area contributed by atoms with Gasteiger partial charge < -0.3 is 10.4 Å². The third kappa shape index (κ3) is 5.11. The second-order valence-corrected chi connectivity index (χ2v) is 5.00. The van der Waals surface area contributed by atoms with Gasteiger partial charge in [-0.25, -0.2) is 4.79 Å². The average Bonchev–Trinajstić information content (AvgIpc) is 2.73. The predicted molar refractivity (Wildman–Crippen MR) is 69.5 cm³/mol. The Bertz CT molecular complexity index is 373. The standard InChI is InChI=1S/C13H20N2O4/c1-2-7-14-12(19)15-10(16)8-13(9-11(17)18)5-3-4-6-13/h2H,1,3-9H2,(H,17,18)(H2,14,15,16,19). The van der Waals surface area contributed by atoms with Crippen molar-refractivity contribution in [1.82, 2.24) is 10.6 Å². The molecule has 3 N–H and O–H groups in total. The van der Waals surface area contributed by atoms with Gasteiger partial charge in [0.15, 0.2) is 0 Å². The lowest BCUT2D eigenvalue weighted by Crippen LogP contribution is -2.41. The van der Waals surface area contributed by atoms with E-state index in [1.54, 1.807) is 0 Å². The fourth-order valence-electron chi connectivity index (χ4n) is 2.58. The van der Waals surface area contributed by atoms with Crippen molar-refractivity contribution in [2.75, 3.05) is 6.54 Å². The number of nitrogens with one attached hydrogen (secondary N) is 2. The Hall–Kier alpha value is -1.85. The Balaban J connectivity index is 2.50. The van der Waals surface area contributed by atoms with Crippen LogP contribution in [0.5, 0.6) is 0 Å². The van der Waals surface area contributed by atoms with Gasteiger partial charge in [0.2, 0.25) is 5.91 Å². The van der Waals surface area contributed by atoms with Crippen molar-refractivity contribution in [2.45, 2.75) is 38.5 Å². The molecule has 1 aliphatic carbocycles. The highest BCUT2D eigenvalue weighted by Gasteiger charge is 2.38. The van der Waals surface area contributed by atoms with Crippen molar-refractivity contribution in [3.63, 3.8) is 0 Å². The lowest BCUT2D eigenvalue weighted by Gasteiger charge is -2.26. The van der Waals surface area contributed by atoms with Gasteiger partial charge in [0.25, 0.3) is 0 Å². The summed E-state index contributed by atoms with van der Waals surface area (Å²) in [6.07, 6.45) is 4.89. The third-order valence-electron chi connectivity index (χ3n) is 3.39. The number of hydrogen-bond acceptors (Lipinski definition) is 3. The molecule has 0 aromatic heterocycles. The average molecular weight is 268 g/mol. The van der Waals surface area contributed by atoms with Crippen LogP contribution in [-0.2, 0) is 9.59 Å². The maximum Gasteiger partial charge on any atom is 0.321 e. The Morgan fingerprint density at radius 1 is 1.21 bits per heavy atom. The van der Waals surface area contributed by atoms with Crippen LogP contribution in [-0.4, -0.2) is 29.6 Å². The zero-order valence-electron chi connectivity index (χ0n) is 10.9. The number of carbonyl (C=O) groups excluding carboxylic acids is 2. The van der Waals surface area contributed by atoms with Gasteiger partial charge in [-0.1, -0.05) is 18.9 Å². The molecule has 0 unspecified atom stereocenters. The van der Waals surface area contributed by atoms with Crippen LogP contribution in [0.4, 0.5) is 4.79 Å². The number of urea groups is 1. The summed E-state index contributed by atoms with van der Waals surface area (Å²) in [5.41, 5.74) is -0.491. The quantitative estimate of drug-likeness (QED) is 0.635. The fraction of sp³-hybridized carbons (Fsp3) is 0.615. The predicted octanol–water partition coefficient (Wildman–Crippen LogP) is 1.42. The molecule has 1 rings (SSSR count). The van der Waals surface area contributed by atoms with Crippen LogP contribution in [0, 0.1) is 5.41 Å². The molecule has 1 saturated carbocycles. The first-order chi connectivity index (χ1) is 8.97. The lowest BCUT2D eigenvalue weighted by atomic mass is 9.79. The van der Waals surface area contributed by atoms with Crippen molar-refractivity contribution in [3.8, 4) is 0 Å². The summed E-state index contributed by atoms with van der Waals surface area (Å²) < 4.78 is 0. The van der Waals surface area contributed by atoms with Crippen LogP contribution in [0.1, 0.15) is 38.5 Å². The van der Waals surface area contributed by atoms with Crippen molar-refractivity contribution < 1.29 is 19.5 Å². The van der Waals surface area contributed by atoms with E-state index in [0.717, 1.165) is 25.7 Å². The minimum Gasteiger partial charge on any atom is -0.481 e. The molecular formula is C13H20N2O4. The topological polar surface area (TPSA) is 95.5 Å². The number of carbonyl (C=O) groups is 3. The number of aliphatic carboxylic acids is 1. The summed E-state index contributed by atoms with van der Waals surface area (Å²) >= 11 is 0. The number of hydrogen-bond donors (Lipinski definition) is 3. The Kier molecular flexibility index (Phi) is 5.54. The maximum absolute atomic E-state index is 11.8. The maximum atomic E-state index is 11.8. The second-order valence-electron chi connectivity index (χ2n) is 5.00. The Morgan fingerprint density at radius 3 is 2.37 bits per heavy atom. The molecular weight excluding hydrogens is 248 g/mol. The van der Waals surface area contributed by atoms with Crippen LogP contribution in [0.2, 0.25) is 0 Å². The van der Waals surface area contributed by atoms with Crippen LogP contribution in [0.15, 0.2) is 12.7 Å². The zero-order chi connectivity index (χ0) is 14.3. The highest BCUT2D eigenvalue weighted by atomic mass is 16.4. The van der Waals surface area contributed by atoms with Crippen molar-refractivity contribution in [3.05, 3.63) is 12.7 Å². The molecule has 3 amide bonds. The van der Waals surface area contributed by atoms with Gasteiger partial charge >= 0.3 is 12.0 Å². The van der Waals surface area contributed by atoms with Crippen molar-refractivity contribution in [2.24, 2.45) is 5.41 Å². The van der Waals surface area contributed by atoms with Crippen LogP contribution >= 0.6 is 0 Å². The molecule has 0 atom stereocenters. The number of rotatable bonds is 6. The van der Waals surface area contributed by atoms with Crippen molar-refractivity contribution >= 4 is 17.9 Å². The second kappa shape index (κ2) is 6.92. The monoisotopic (exact) mass is 268 g/mol. The molecule has 0 spiro atoms. The number of imide groups is 1. The van der Waals surface area contributed by atoms with E-state index in [2.05, 4.69) is 17.2 Å². The first kappa shape index (κ1) is 15.2. The smallest absolute Gasteiger partial charge is 0.321 e. The molecule has 19 heavy (non-hydrogen) atoms. The Morgan fingerprint density at radius 2 is 1.84 bits per heavy atom. The Labute approximate surface area is 112 Å². The van der Waals surface area contributed by atoms with Gasteiger partial charge in [-0.15, -0.1) is 6.58 Å². The number of carboxylic acid groups (broad SMARTS) is 1. The molecule has 0 saturated heterocycles. The van der Waals surface area contributed by atoms with E-state index in [4.69, 9.17) is 5.11 Å². The van der Waals surface area contributed by atoms with Gasteiger partial charge in [-0.2, -0.15) is 0 Å².